The van der Waals surface area contributed by atoms with Crippen molar-refractivity contribution >= 4 is 16.8 Å². The van der Waals surface area contributed by atoms with E-state index in [0.717, 1.165) is 11.0 Å². The van der Waals surface area contributed by atoms with Crippen molar-refractivity contribution in [2.24, 2.45) is 5.92 Å². The minimum absolute atomic E-state index is 0.736. The van der Waals surface area contributed by atoms with E-state index in [1.807, 2.05) is 6.26 Å². The molecule has 0 unspecified atom stereocenters. The van der Waals surface area contributed by atoms with Gasteiger partial charge in [-0.1, -0.05) is 12.0 Å². The smallest absolute Gasteiger partial charge is 0.0895 e. The molecule has 0 saturated heterocycles. The minimum Gasteiger partial charge on any atom is -0.294 e. The van der Waals surface area contributed by atoms with Crippen LogP contribution in [0.3, 0.4) is 0 Å². The van der Waals surface area contributed by atoms with E-state index in [4.69, 9.17) is 5.41 Å². The van der Waals surface area contributed by atoms with Crippen LogP contribution in [0.1, 0.15) is 33.1 Å². The molecule has 2 heteroatoms. The molecule has 1 aliphatic rings. The van der Waals surface area contributed by atoms with Crippen LogP contribution in [0.2, 0.25) is 0 Å². The van der Waals surface area contributed by atoms with Crippen molar-refractivity contribution < 1.29 is 0 Å². The van der Waals surface area contributed by atoms with Gasteiger partial charge in [0, 0.05) is 0 Å². The Kier molecular flexibility index (Phi) is 3.39. The number of allylic oxidation sites excluding steroid dienone is 1. The fraction of sp³-hybridized carbons (Fsp3) is 0.700. The predicted molar refractivity (Wildman–Crippen MR) is 57.0 cm³/mol. The van der Waals surface area contributed by atoms with Crippen LogP contribution < -0.4 is 0 Å². The summed E-state index contributed by atoms with van der Waals surface area (Å²) in [5, 5.41) is 8.41. The molecule has 1 aliphatic carbocycles. The summed E-state index contributed by atoms with van der Waals surface area (Å²) in [4.78, 5) is 0. The highest BCUT2D eigenvalue weighted by molar-refractivity contribution is 8.13. The van der Waals surface area contributed by atoms with Gasteiger partial charge in [0.15, 0.2) is 0 Å². The molecule has 0 aliphatic heterocycles. The van der Waals surface area contributed by atoms with Gasteiger partial charge < -0.3 is 0 Å². The molecule has 1 fully saturated rings. The Bertz CT molecular complexity index is 214. The average molecular weight is 183 g/mol. The first kappa shape index (κ1) is 9.85. The molecule has 0 radical (unpaired) electrons. The van der Waals surface area contributed by atoms with Crippen LogP contribution in [0.5, 0.6) is 0 Å². The standard InChI is InChI=1S/C10H17NS/c1-7(9-5-4-6-9)8(2)10(11)12-3/h9,11H,4-6H2,1-3H3. The van der Waals surface area contributed by atoms with Gasteiger partial charge in [0.05, 0.1) is 5.04 Å². The lowest BCUT2D eigenvalue weighted by Gasteiger charge is -2.27. The summed E-state index contributed by atoms with van der Waals surface area (Å²) in [6.45, 7) is 4.26. The van der Waals surface area contributed by atoms with Crippen LogP contribution in [0.15, 0.2) is 11.1 Å². The van der Waals surface area contributed by atoms with E-state index in [0.29, 0.717) is 0 Å². The highest BCUT2D eigenvalue weighted by Gasteiger charge is 2.21. The number of nitrogens with one attached hydrogen (secondary N) is 1. The van der Waals surface area contributed by atoms with E-state index < -0.39 is 0 Å². The van der Waals surface area contributed by atoms with Gasteiger partial charge in [-0.2, -0.15) is 0 Å². The zero-order valence-electron chi connectivity index (χ0n) is 8.11. The highest BCUT2D eigenvalue weighted by Crippen LogP contribution is 2.34. The van der Waals surface area contributed by atoms with Crippen molar-refractivity contribution in [2.75, 3.05) is 6.26 Å². The Balaban J connectivity index is 2.66. The van der Waals surface area contributed by atoms with Crippen molar-refractivity contribution in [1.29, 1.82) is 5.41 Å². The van der Waals surface area contributed by atoms with Crippen molar-refractivity contribution in [1.82, 2.24) is 0 Å². The van der Waals surface area contributed by atoms with Gasteiger partial charge in [0.1, 0.15) is 0 Å². The molecule has 1 nitrogen and oxygen atoms in total. The topological polar surface area (TPSA) is 23.9 Å². The van der Waals surface area contributed by atoms with Gasteiger partial charge in [-0.05, 0) is 44.4 Å². The third-order valence-corrected chi connectivity index (χ3v) is 3.57. The van der Waals surface area contributed by atoms with Crippen LogP contribution >= 0.6 is 11.8 Å². The van der Waals surface area contributed by atoms with Gasteiger partial charge in [0.25, 0.3) is 0 Å². The van der Waals surface area contributed by atoms with E-state index in [9.17, 15) is 0 Å². The fourth-order valence-corrected chi connectivity index (χ4v) is 1.95. The van der Waals surface area contributed by atoms with Crippen molar-refractivity contribution in [3.63, 3.8) is 0 Å². The third-order valence-electron chi connectivity index (χ3n) is 2.85. The second-order valence-corrected chi connectivity index (χ2v) is 4.29. The van der Waals surface area contributed by atoms with Gasteiger partial charge in [-0.3, -0.25) is 5.41 Å². The van der Waals surface area contributed by atoms with E-state index >= 15 is 0 Å². The number of hydrogen-bond donors (Lipinski definition) is 1. The first-order valence-corrected chi connectivity index (χ1v) is 5.69. The summed E-state index contributed by atoms with van der Waals surface area (Å²) in [6, 6.07) is 0. The zero-order valence-corrected chi connectivity index (χ0v) is 8.92. The Morgan fingerprint density at radius 3 is 2.25 bits per heavy atom. The van der Waals surface area contributed by atoms with E-state index in [1.54, 1.807) is 0 Å². The summed E-state index contributed by atoms with van der Waals surface area (Å²) < 4.78 is 0. The van der Waals surface area contributed by atoms with Crippen LogP contribution in [0.4, 0.5) is 0 Å². The molecule has 0 heterocycles. The second-order valence-electron chi connectivity index (χ2n) is 3.47. The molecule has 0 aromatic carbocycles. The largest absolute Gasteiger partial charge is 0.294 e. The van der Waals surface area contributed by atoms with E-state index in [2.05, 4.69) is 13.8 Å². The second kappa shape index (κ2) is 4.13. The Hall–Kier alpha value is -0.240. The van der Waals surface area contributed by atoms with Crippen LogP contribution in [0, 0.1) is 11.3 Å². The van der Waals surface area contributed by atoms with Crippen molar-refractivity contribution in [3.05, 3.63) is 11.1 Å². The lowest BCUT2D eigenvalue weighted by Crippen LogP contribution is -2.14. The third kappa shape index (κ3) is 1.92. The quantitative estimate of drug-likeness (QED) is 0.514. The zero-order chi connectivity index (χ0) is 9.14. The summed E-state index contributed by atoms with van der Waals surface area (Å²) in [5.74, 6) is 0.789. The summed E-state index contributed by atoms with van der Waals surface area (Å²) in [6.07, 6.45) is 6.03. The van der Waals surface area contributed by atoms with Crippen LogP contribution in [-0.2, 0) is 0 Å². The molecule has 0 amide bonds. The van der Waals surface area contributed by atoms with Gasteiger partial charge >= 0.3 is 0 Å². The number of thioether (sulfide) groups is 1. The molecular formula is C10H17NS. The maximum Gasteiger partial charge on any atom is 0.0895 e. The first-order chi connectivity index (χ1) is 5.66. The van der Waals surface area contributed by atoms with Gasteiger partial charge in [-0.25, -0.2) is 0 Å². The number of hydrogen-bond acceptors (Lipinski definition) is 2. The average Bonchev–Trinajstić information content (AvgIpc) is 1.98. The molecular weight excluding hydrogens is 166 g/mol. The molecule has 0 aromatic rings. The minimum atomic E-state index is 0.736. The Labute approximate surface area is 79.1 Å². The maximum atomic E-state index is 7.67. The molecule has 68 valence electrons. The predicted octanol–water partition coefficient (Wildman–Crippen LogP) is 3.46. The fourth-order valence-electron chi connectivity index (χ4n) is 1.48. The molecule has 0 spiro atoms. The van der Waals surface area contributed by atoms with Gasteiger partial charge in [0.2, 0.25) is 0 Å². The molecule has 12 heavy (non-hydrogen) atoms. The summed E-state index contributed by atoms with van der Waals surface area (Å²) in [5.41, 5.74) is 2.65. The highest BCUT2D eigenvalue weighted by atomic mass is 32.2. The van der Waals surface area contributed by atoms with Crippen LogP contribution in [0.25, 0.3) is 0 Å². The van der Waals surface area contributed by atoms with Crippen LogP contribution in [-0.4, -0.2) is 11.3 Å². The van der Waals surface area contributed by atoms with Crippen molar-refractivity contribution in [2.45, 2.75) is 33.1 Å². The molecule has 0 atom stereocenters. The first-order valence-electron chi connectivity index (χ1n) is 4.47. The molecule has 0 bridgehead atoms. The maximum absolute atomic E-state index is 7.67. The Morgan fingerprint density at radius 2 is 1.92 bits per heavy atom. The summed E-state index contributed by atoms with van der Waals surface area (Å²) >= 11 is 1.54. The lowest BCUT2D eigenvalue weighted by atomic mass is 9.79. The summed E-state index contributed by atoms with van der Waals surface area (Å²) in [7, 11) is 0. The molecule has 1 N–H and O–H groups in total. The molecule has 1 rings (SSSR count). The van der Waals surface area contributed by atoms with E-state index in [1.165, 1.54) is 42.2 Å². The monoisotopic (exact) mass is 183 g/mol. The van der Waals surface area contributed by atoms with Gasteiger partial charge in [-0.15, -0.1) is 11.8 Å². The lowest BCUT2D eigenvalue weighted by molar-refractivity contribution is 0.366. The normalized spacial score (nSPS) is 19.9. The molecule has 0 aromatic heterocycles. The molecule has 1 saturated carbocycles. The van der Waals surface area contributed by atoms with E-state index in [-0.39, 0.29) is 0 Å². The van der Waals surface area contributed by atoms with Crippen molar-refractivity contribution in [3.8, 4) is 0 Å². The number of rotatable bonds is 2. The Morgan fingerprint density at radius 1 is 1.33 bits per heavy atom. The SMILES string of the molecule is CSC(=N)C(C)=C(C)C1CCC1.